The molecule has 0 aliphatic carbocycles. The van der Waals surface area contributed by atoms with E-state index in [9.17, 15) is 13.2 Å². The van der Waals surface area contributed by atoms with E-state index in [1.165, 1.54) is 29.3 Å². The summed E-state index contributed by atoms with van der Waals surface area (Å²) >= 11 is 0. The summed E-state index contributed by atoms with van der Waals surface area (Å²) in [6.07, 6.45) is 3.73. The van der Waals surface area contributed by atoms with Crippen LogP contribution >= 0.6 is 0 Å². The highest BCUT2D eigenvalue weighted by molar-refractivity contribution is 7.89. The molecular formula is C24H29N5O3S. The fourth-order valence-corrected chi connectivity index (χ4v) is 4.87. The zero-order chi connectivity index (χ0) is 23.6. The molecule has 2 heterocycles. The molecule has 4 aromatic rings. The molecule has 0 atom stereocenters. The van der Waals surface area contributed by atoms with Gasteiger partial charge in [-0.25, -0.2) is 17.7 Å². The van der Waals surface area contributed by atoms with E-state index in [1.807, 2.05) is 23.7 Å². The summed E-state index contributed by atoms with van der Waals surface area (Å²) in [4.78, 5) is 17.1. The van der Waals surface area contributed by atoms with Crippen LogP contribution in [0.1, 0.15) is 18.7 Å². The molecule has 0 aliphatic heterocycles. The number of nitrogens with zero attached hydrogens (tertiary/aromatic N) is 4. The average Bonchev–Trinajstić information content (AvgIpc) is 3.35. The molecule has 1 amide bonds. The Bertz CT molecular complexity index is 1400. The molecule has 0 radical (unpaired) electrons. The number of benzene rings is 2. The van der Waals surface area contributed by atoms with Gasteiger partial charge < -0.3 is 14.5 Å². The third-order valence-electron chi connectivity index (χ3n) is 5.88. The Kier molecular flexibility index (Phi) is 6.53. The van der Waals surface area contributed by atoms with Crippen LogP contribution in [0.3, 0.4) is 0 Å². The Balaban J connectivity index is 1.31. The third-order valence-corrected chi connectivity index (χ3v) is 7.69. The molecule has 33 heavy (non-hydrogen) atoms. The van der Waals surface area contributed by atoms with Crippen molar-refractivity contribution in [3.8, 4) is 0 Å². The Hall–Kier alpha value is -3.17. The smallest absolute Gasteiger partial charge is 0.242 e. The van der Waals surface area contributed by atoms with Gasteiger partial charge in [0.1, 0.15) is 5.82 Å². The van der Waals surface area contributed by atoms with Gasteiger partial charge in [0.05, 0.1) is 15.9 Å². The molecular weight excluding hydrogens is 438 g/mol. The number of aryl methyl sites for hydroxylation is 3. The van der Waals surface area contributed by atoms with Crippen LogP contribution < -0.4 is 5.32 Å². The standard InChI is InChI=1S/C24H29N5O3S/c1-27(2)33(31,32)19-9-10-22-20(17-19)26-23(28(22)3)11-12-24(30)25-14-6-15-29-16-13-18-7-4-5-8-21(18)29/h4-5,7-10,13,16-17H,6,11-12,14-15H2,1-3H3,(H,25,30). The van der Waals surface area contributed by atoms with Crippen LogP contribution in [0.2, 0.25) is 0 Å². The van der Waals surface area contributed by atoms with Crippen molar-refractivity contribution in [3.63, 3.8) is 0 Å². The molecule has 0 saturated carbocycles. The average molecular weight is 468 g/mol. The van der Waals surface area contributed by atoms with E-state index < -0.39 is 10.0 Å². The molecule has 0 spiro atoms. The lowest BCUT2D eigenvalue weighted by Gasteiger charge is -2.10. The minimum atomic E-state index is -3.52. The highest BCUT2D eigenvalue weighted by Gasteiger charge is 2.19. The molecule has 0 unspecified atom stereocenters. The zero-order valence-electron chi connectivity index (χ0n) is 19.2. The highest BCUT2D eigenvalue weighted by atomic mass is 32.2. The molecule has 1 N–H and O–H groups in total. The van der Waals surface area contributed by atoms with Gasteiger partial charge in [0.25, 0.3) is 0 Å². The summed E-state index contributed by atoms with van der Waals surface area (Å²) in [5, 5.41) is 4.20. The molecule has 4 rings (SSSR count). The number of carbonyl (C=O) groups excluding carboxylic acids is 1. The molecule has 0 bridgehead atoms. The second-order valence-electron chi connectivity index (χ2n) is 8.30. The predicted octanol–water partition coefficient (Wildman–Crippen LogP) is 2.92. The Labute approximate surface area is 193 Å². The summed E-state index contributed by atoms with van der Waals surface area (Å²) < 4.78 is 30.1. The van der Waals surface area contributed by atoms with E-state index in [1.54, 1.807) is 18.2 Å². The van der Waals surface area contributed by atoms with Crippen molar-refractivity contribution in [2.24, 2.45) is 7.05 Å². The second-order valence-corrected chi connectivity index (χ2v) is 10.4. The molecule has 174 valence electrons. The Morgan fingerprint density at radius 2 is 1.88 bits per heavy atom. The predicted molar refractivity (Wildman–Crippen MR) is 129 cm³/mol. The maximum atomic E-state index is 12.4. The Morgan fingerprint density at radius 3 is 2.67 bits per heavy atom. The monoisotopic (exact) mass is 467 g/mol. The molecule has 0 fully saturated rings. The van der Waals surface area contributed by atoms with Crippen LogP contribution in [0.4, 0.5) is 0 Å². The van der Waals surface area contributed by atoms with Crippen LogP contribution in [0.25, 0.3) is 21.9 Å². The number of rotatable bonds is 9. The van der Waals surface area contributed by atoms with E-state index in [-0.39, 0.29) is 10.8 Å². The van der Waals surface area contributed by atoms with Gasteiger partial charge in [-0.05, 0) is 42.1 Å². The van der Waals surface area contributed by atoms with Crippen LogP contribution in [0, 0.1) is 0 Å². The number of amides is 1. The summed E-state index contributed by atoms with van der Waals surface area (Å²) in [5.74, 6) is 0.730. The first-order valence-electron chi connectivity index (χ1n) is 11.0. The van der Waals surface area contributed by atoms with Crippen molar-refractivity contribution in [1.82, 2.24) is 23.7 Å². The van der Waals surface area contributed by atoms with Crippen LogP contribution in [-0.4, -0.2) is 53.4 Å². The normalized spacial score (nSPS) is 12.1. The maximum absolute atomic E-state index is 12.4. The number of hydrogen-bond donors (Lipinski definition) is 1. The lowest BCUT2D eigenvalue weighted by molar-refractivity contribution is -0.121. The number of hydrogen-bond acceptors (Lipinski definition) is 4. The van der Waals surface area contributed by atoms with E-state index in [2.05, 4.69) is 39.3 Å². The van der Waals surface area contributed by atoms with Crippen molar-refractivity contribution in [2.75, 3.05) is 20.6 Å². The SMILES string of the molecule is CN(C)S(=O)(=O)c1ccc2c(c1)nc(CCC(=O)NCCCn1ccc3ccccc31)n2C. The number of para-hydroxylation sites is 1. The summed E-state index contributed by atoms with van der Waals surface area (Å²) in [5.41, 5.74) is 2.64. The second kappa shape index (κ2) is 9.36. The van der Waals surface area contributed by atoms with E-state index in [0.29, 0.717) is 24.9 Å². The van der Waals surface area contributed by atoms with Crippen LogP contribution in [-0.2, 0) is 34.8 Å². The quantitative estimate of drug-likeness (QED) is 0.383. The number of fused-ring (bicyclic) bond motifs is 2. The van der Waals surface area contributed by atoms with Crippen molar-refractivity contribution in [1.29, 1.82) is 0 Å². The zero-order valence-corrected chi connectivity index (χ0v) is 20.0. The van der Waals surface area contributed by atoms with Gasteiger partial charge in [-0.1, -0.05) is 18.2 Å². The van der Waals surface area contributed by atoms with E-state index in [4.69, 9.17) is 0 Å². The topological polar surface area (TPSA) is 89.2 Å². The molecule has 8 nitrogen and oxygen atoms in total. The van der Waals surface area contributed by atoms with Crippen molar-refractivity contribution in [3.05, 3.63) is 60.6 Å². The van der Waals surface area contributed by atoms with E-state index in [0.717, 1.165) is 24.3 Å². The first kappa shape index (κ1) is 23.0. The molecule has 0 aliphatic rings. The van der Waals surface area contributed by atoms with Gasteiger partial charge in [-0.3, -0.25) is 4.79 Å². The van der Waals surface area contributed by atoms with Gasteiger partial charge in [0.15, 0.2) is 0 Å². The van der Waals surface area contributed by atoms with Gasteiger partial charge in [0.2, 0.25) is 15.9 Å². The first-order chi connectivity index (χ1) is 15.8. The molecule has 9 heteroatoms. The van der Waals surface area contributed by atoms with Crippen molar-refractivity contribution in [2.45, 2.75) is 30.7 Å². The summed E-state index contributed by atoms with van der Waals surface area (Å²) in [7, 11) is 1.36. The number of carbonyl (C=O) groups is 1. The minimum Gasteiger partial charge on any atom is -0.356 e. The van der Waals surface area contributed by atoms with Crippen molar-refractivity contribution < 1.29 is 13.2 Å². The van der Waals surface area contributed by atoms with Gasteiger partial charge >= 0.3 is 0 Å². The molecule has 2 aromatic carbocycles. The van der Waals surface area contributed by atoms with Gasteiger partial charge in [-0.2, -0.15) is 0 Å². The molecule has 0 saturated heterocycles. The maximum Gasteiger partial charge on any atom is 0.242 e. The number of nitrogens with one attached hydrogen (secondary N) is 1. The largest absolute Gasteiger partial charge is 0.356 e. The number of sulfonamides is 1. The van der Waals surface area contributed by atoms with Gasteiger partial charge in [-0.15, -0.1) is 0 Å². The minimum absolute atomic E-state index is 0.0182. The van der Waals surface area contributed by atoms with Crippen LogP contribution in [0.5, 0.6) is 0 Å². The highest BCUT2D eigenvalue weighted by Crippen LogP contribution is 2.22. The van der Waals surface area contributed by atoms with Crippen LogP contribution in [0.15, 0.2) is 59.6 Å². The van der Waals surface area contributed by atoms with E-state index >= 15 is 0 Å². The molecule has 2 aromatic heterocycles. The van der Waals surface area contributed by atoms with Gasteiger partial charge in [0, 0.05) is 58.8 Å². The van der Waals surface area contributed by atoms with Crippen molar-refractivity contribution >= 4 is 37.9 Å². The summed E-state index contributed by atoms with van der Waals surface area (Å²) in [6, 6.07) is 15.3. The number of aromatic nitrogens is 3. The lowest BCUT2D eigenvalue weighted by atomic mass is 10.2. The lowest BCUT2D eigenvalue weighted by Crippen LogP contribution is -2.25. The fourth-order valence-electron chi connectivity index (χ4n) is 3.95. The third kappa shape index (κ3) is 4.79. The Morgan fingerprint density at radius 1 is 1.09 bits per heavy atom. The fraction of sp³-hybridized carbons (Fsp3) is 0.333. The first-order valence-corrected chi connectivity index (χ1v) is 12.4. The number of imidazole rings is 1. The summed E-state index contributed by atoms with van der Waals surface area (Å²) in [6.45, 7) is 1.45.